The Morgan fingerprint density at radius 1 is 1.00 bits per heavy atom. The van der Waals surface area contributed by atoms with Crippen LogP contribution in [0.15, 0.2) is 60.0 Å². The SMILES string of the molecule is Cc1ccc(-c2ccsc2C(=O)OCC(=O)N2CCN(c3ccccc3F)CC2)cc1. The number of carbonyl (C=O) groups is 2. The number of carbonyl (C=O) groups excluding carboxylic acids is 2. The summed E-state index contributed by atoms with van der Waals surface area (Å²) < 4.78 is 19.3. The van der Waals surface area contributed by atoms with Gasteiger partial charge in [-0.3, -0.25) is 4.79 Å². The molecule has 1 aromatic heterocycles. The van der Waals surface area contributed by atoms with Crippen LogP contribution in [-0.2, 0) is 9.53 Å². The van der Waals surface area contributed by atoms with Gasteiger partial charge < -0.3 is 14.5 Å². The Morgan fingerprint density at radius 3 is 2.42 bits per heavy atom. The molecule has 1 saturated heterocycles. The number of esters is 1. The van der Waals surface area contributed by atoms with Gasteiger partial charge in [0.25, 0.3) is 5.91 Å². The van der Waals surface area contributed by atoms with E-state index in [1.54, 1.807) is 23.1 Å². The van der Waals surface area contributed by atoms with Gasteiger partial charge in [0.05, 0.1) is 5.69 Å². The molecule has 3 aromatic rings. The van der Waals surface area contributed by atoms with Crippen LogP contribution < -0.4 is 4.90 Å². The second kappa shape index (κ2) is 9.31. The van der Waals surface area contributed by atoms with Crippen molar-refractivity contribution in [3.8, 4) is 11.1 Å². The lowest BCUT2D eigenvalue weighted by Crippen LogP contribution is -2.50. The van der Waals surface area contributed by atoms with Crippen molar-refractivity contribution >= 4 is 28.9 Å². The molecule has 7 heteroatoms. The highest BCUT2D eigenvalue weighted by atomic mass is 32.1. The lowest BCUT2D eigenvalue weighted by molar-refractivity contribution is -0.134. The quantitative estimate of drug-likeness (QED) is 0.555. The molecule has 0 saturated carbocycles. The second-order valence-electron chi connectivity index (χ2n) is 7.42. The molecule has 1 fully saturated rings. The van der Waals surface area contributed by atoms with Crippen LogP contribution in [0.3, 0.4) is 0 Å². The molecule has 0 N–H and O–H groups in total. The van der Waals surface area contributed by atoms with Crippen LogP contribution in [-0.4, -0.2) is 49.6 Å². The van der Waals surface area contributed by atoms with Crippen molar-refractivity contribution in [2.45, 2.75) is 6.92 Å². The van der Waals surface area contributed by atoms with Crippen molar-refractivity contribution in [1.82, 2.24) is 4.90 Å². The zero-order valence-corrected chi connectivity index (χ0v) is 18.0. The van der Waals surface area contributed by atoms with Crippen LogP contribution in [0.1, 0.15) is 15.2 Å². The van der Waals surface area contributed by atoms with Crippen molar-refractivity contribution in [2.75, 3.05) is 37.7 Å². The topological polar surface area (TPSA) is 49.9 Å². The summed E-state index contributed by atoms with van der Waals surface area (Å²) in [5.41, 5.74) is 3.43. The van der Waals surface area contributed by atoms with E-state index in [-0.39, 0.29) is 18.3 Å². The average Bonchev–Trinajstić information content (AvgIpc) is 3.28. The van der Waals surface area contributed by atoms with Gasteiger partial charge in [-0.1, -0.05) is 42.0 Å². The average molecular weight is 439 g/mol. The van der Waals surface area contributed by atoms with Crippen molar-refractivity contribution in [1.29, 1.82) is 0 Å². The molecular weight excluding hydrogens is 415 g/mol. The van der Waals surface area contributed by atoms with Gasteiger partial charge >= 0.3 is 5.97 Å². The molecule has 0 unspecified atom stereocenters. The summed E-state index contributed by atoms with van der Waals surface area (Å²) in [4.78, 5) is 29.2. The number of para-hydroxylation sites is 1. The van der Waals surface area contributed by atoms with Gasteiger partial charge in [-0.05, 0) is 36.1 Å². The highest BCUT2D eigenvalue weighted by Crippen LogP contribution is 2.29. The number of hydrogen-bond donors (Lipinski definition) is 0. The number of amides is 1. The lowest BCUT2D eigenvalue weighted by Gasteiger charge is -2.36. The molecule has 1 aliphatic rings. The van der Waals surface area contributed by atoms with Gasteiger partial charge in [-0.25, -0.2) is 9.18 Å². The van der Waals surface area contributed by atoms with Crippen molar-refractivity contribution < 1.29 is 18.7 Å². The maximum absolute atomic E-state index is 14.0. The summed E-state index contributed by atoms with van der Waals surface area (Å²) in [5.74, 6) is -1.00. The molecule has 0 bridgehead atoms. The first-order valence-electron chi connectivity index (χ1n) is 10.1. The summed E-state index contributed by atoms with van der Waals surface area (Å²) in [7, 11) is 0. The Morgan fingerprint density at radius 2 is 1.71 bits per heavy atom. The third-order valence-electron chi connectivity index (χ3n) is 5.37. The van der Waals surface area contributed by atoms with Gasteiger partial charge in [0.15, 0.2) is 6.61 Å². The fourth-order valence-electron chi connectivity index (χ4n) is 3.62. The van der Waals surface area contributed by atoms with Crippen LogP contribution in [0.25, 0.3) is 11.1 Å². The number of rotatable bonds is 5. The number of benzene rings is 2. The van der Waals surface area contributed by atoms with E-state index in [0.29, 0.717) is 36.7 Å². The highest BCUT2D eigenvalue weighted by molar-refractivity contribution is 7.12. The highest BCUT2D eigenvalue weighted by Gasteiger charge is 2.24. The number of thiophene rings is 1. The predicted octanol–water partition coefficient (Wildman–Crippen LogP) is 4.37. The van der Waals surface area contributed by atoms with Crippen molar-refractivity contribution in [3.63, 3.8) is 0 Å². The molecule has 2 aromatic carbocycles. The number of hydrogen-bond acceptors (Lipinski definition) is 5. The minimum atomic E-state index is -0.496. The molecule has 1 amide bonds. The Kier molecular flexibility index (Phi) is 6.32. The third-order valence-corrected chi connectivity index (χ3v) is 6.26. The Balaban J connectivity index is 1.32. The van der Waals surface area contributed by atoms with E-state index in [9.17, 15) is 14.0 Å². The number of halogens is 1. The summed E-state index contributed by atoms with van der Waals surface area (Å²) in [6.07, 6.45) is 0. The lowest BCUT2D eigenvalue weighted by atomic mass is 10.1. The normalized spacial score (nSPS) is 13.9. The summed E-state index contributed by atoms with van der Waals surface area (Å²) in [6, 6.07) is 16.4. The monoisotopic (exact) mass is 438 g/mol. The van der Waals surface area contributed by atoms with E-state index in [0.717, 1.165) is 16.7 Å². The number of nitrogens with zero attached hydrogens (tertiary/aromatic N) is 2. The molecule has 4 rings (SSSR count). The van der Waals surface area contributed by atoms with Crippen LogP contribution in [0, 0.1) is 12.7 Å². The van der Waals surface area contributed by atoms with Crippen LogP contribution in [0.5, 0.6) is 0 Å². The molecule has 0 aliphatic carbocycles. The number of aryl methyl sites for hydroxylation is 1. The molecule has 5 nitrogen and oxygen atoms in total. The van der Waals surface area contributed by atoms with Crippen molar-refractivity contribution in [3.05, 3.63) is 76.2 Å². The molecule has 31 heavy (non-hydrogen) atoms. The molecule has 1 aliphatic heterocycles. The van der Waals surface area contributed by atoms with Gasteiger partial charge in [-0.2, -0.15) is 0 Å². The predicted molar refractivity (Wildman–Crippen MR) is 120 cm³/mol. The fraction of sp³-hybridized carbons (Fsp3) is 0.250. The van der Waals surface area contributed by atoms with Crippen LogP contribution >= 0.6 is 11.3 Å². The molecular formula is C24H23FN2O3S. The van der Waals surface area contributed by atoms with Crippen LogP contribution in [0.4, 0.5) is 10.1 Å². The first-order chi connectivity index (χ1) is 15.0. The maximum Gasteiger partial charge on any atom is 0.349 e. The van der Waals surface area contributed by atoms with E-state index in [1.165, 1.54) is 17.4 Å². The van der Waals surface area contributed by atoms with Gasteiger partial charge in [0, 0.05) is 31.7 Å². The standard InChI is InChI=1S/C24H23FN2O3S/c1-17-6-8-18(9-7-17)19-10-15-31-23(19)24(29)30-16-22(28)27-13-11-26(12-14-27)21-5-3-2-4-20(21)25/h2-10,15H,11-14,16H2,1H3. The van der Waals surface area contributed by atoms with E-state index in [4.69, 9.17) is 4.74 Å². The third kappa shape index (κ3) is 4.77. The van der Waals surface area contributed by atoms with E-state index in [2.05, 4.69) is 0 Å². The zero-order valence-electron chi connectivity index (χ0n) is 17.2. The fourth-order valence-corrected chi connectivity index (χ4v) is 4.43. The number of anilines is 1. The smallest absolute Gasteiger partial charge is 0.349 e. The number of ether oxygens (including phenoxy) is 1. The largest absolute Gasteiger partial charge is 0.451 e. The van der Waals surface area contributed by atoms with E-state index < -0.39 is 5.97 Å². The Hall–Kier alpha value is -3.19. The summed E-state index contributed by atoms with van der Waals surface area (Å²) >= 11 is 1.30. The first-order valence-corrected chi connectivity index (χ1v) is 11.0. The molecule has 0 spiro atoms. The van der Waals surface area contributed by atoms with E-state index >= 15 is 0 Å². The molecule has 0 atom stereocenters. The van der Waals surface area contributed by atoms with E-state index in [1.807, 2.05) is 47.5 Å². The molecule has 2 heterocycles. The minimum absolute atomic E-state index is 0.241. The maximum atomic E-state index is 14.0. The van der Waals surface area contributed by atoms with Gasteiger partial charge in [-0.15, -0.1) is 11.3 Å². The van der Waals surface area contributed by atoms with Gasteiger partial charge in [0.1, 0.15) is 10.7 Å². The Bertz CT molecular complexity index is 1070. The Labute approximate surface area is 184 Å². The van der Waals surface area contributed by atoms with Crippen molar-refractivity contribution in [2.24, 2.45) is 0 Å². The number of piperazine rings is 1. The van der Waals surface area contributed by atoms with Crippen LogP contribution in [0.2, 0.25) is 0 Å². The van der Waals surface area contributed by atoms with Gasteiger partial charge in [0.2, 0.25) is 0 Å². The molecule has 160 valence electrons. The zero-order chi connectivity index (χ0) is 21.8. The minimum Gasteiger partial charge on any atom is -0.451 e. The summed E-state index contributed by atoms with van der Waals surface area (Å²) in [5, 5.41) is 1.84. The first kappa shape index (κ1) is 21.1. The molecule has 0 radical (unpaired) electrons. The second-order valence-corrected chi connectivity index (χ2v) is 8.34. The summed E-state index contributed by atoms with van der Waals surface area (Å²) in [6.45, 7) is 3.68.